The molecule has 28 heavy (non-hydrogen) atoms. The molecule has 1 aromatic carbocycles. The largest absolute Gasteiger partial charge is 0.457 e. The number of rotatable bonds is 7. The van der Waals surface area contributed by atoms with Gasteiger partial charge in [-0.05, 0) is 42.3 Å². The van der Waals surface area contributed by atoms with E-state index >= 15 is 0 Å². The fourth-order valence-corrected chi connectivity index (χ4v) is 2.74. The normalized spacial score (nSPS) is 10.4. The Morgan fingerprint density at radius 2 is 1.89 bits per heavy atom. The minimum atomic E-state index is -0.270. The zero-order valence-electron chi connectivity index (χ0n) is 15.8. The van der Waals surface area contributed by atoms with Gasteiger partial charge in [0.05, 0.1) is 0 Å². The molecule has 0 aliphatic carbocycles. The number of hydrogen-bond acceptors (Lipinski definition) is 4. The van der Waals surface area contributed by atoms with Gasteiger partial charge in [-0.2, -0.15) is 0 Å². The molecule has 2 aromatic heterocycles. The topological polar surface area (TPSA) is 85.3 Å². The lowest BCUT2D eigenvalue weighted by molar-refractivity contribution is 0.0942. The number of hydrogen-bond donors (Lipinski definition) is 2. The van der Waals surface area contributed by atoms with Crippen LogP contribution in [0.15, 0.2) is 60.9 Å². The lowest BCUT2D eigenvalue weighted by Gasteiger charge is -2.09. The van der Waals surface area contributed by atoms with Crippen molar-refractivity contribution in [3.8, 4) is 11.5 Å². The third-order valence-electron chi connectivity index (χ3n) is 4.20. The van der Waals surface area contributed by atoms with Crippen molar-refractivity contribution in [1.29, 1.82) is 0 Å². The monoisotopic (exact) mass is 378 g/mol. The maximum Gasteiger partial charge on any atom is 0.269 e. The predicted molar refractivity (Wildman–Crippen MR) is 106 cm³/mol. The van der Waals surface area contributed by atoms with Crippen LogP contribution in [-0.4, -0.2) is 35.0 Å². The van der Waals surface area contributed by atoms with Crippen LogP contribution in [0.2, 0.25) is 0 Å². The smallest absolute Gasteiger partial charge is 0.269 e. The summed E-state index contributed by atoms with van der Waals surface area (Å²) in [6, 6.07) is 14.5. The van der Waals surface area contributed by atoms with Crippen molar-refractivity contribution in [3.05, 3.63) is 77.9 Å². The molecule has 0 bridgehead atoms. The second-order valence-electron chi connectivity index (χ2n) is 6.22. The second-order valence-corrected chi connectivity index (χ2v) is 6.22. The van der Waals surface area contributed by atoms with Gasteiger partial charge in [0.15, 0.2) is 0 Å². The minimum Gasteiger partial charge on any atom is -0.457 e. The van der Waals surface area contributed by atoms with E-state index in [1.54, 1.807) is 29.8 Å². The third kappa shape index (κ3) is 4.76. The molecule has 7 heteroatoms. The number of amides is 2. The fourth-order valence-electron chi connectivity index (χ4n) is 2.74. The standard InChI is InChI=1S/C21H22N4O3/c1-22-20(26)18-14-17(9-11-23-18)28-16-6-3-5-15(13-16)8-10-24-21(27)19-7-4-12-25(19)2/h3-7,9,11-14H,8,10H2,1-2H3,(H,22,26)(H,24,27). The summed E-state index contributed by atoms with van der Waals surface area (Å²) in [6.45, 7) is 0.517. The minimum absolute atomic E-state index is 0.0987. The summed E-state index contributed by atoms with van der Waals surface area (Å²) in [6.07, 6.45) is 4.04. The van der Waals surface area contributed by atoms with Gasteiger partial charge in [0.2, 0.25) is 0 Å². The Morgan fingerprint density at radius 1 is 1.07 bits per heavy atom. The second kappa shape index (κ2) is 8.85. The van der Waals surface area contributed by atoms with Gasteiger partial charge in [0.25, 0.3) is 11.8 Å². The van der Waals surface area contributed by atoms with Gasteiger partial charge < -0.3 is 19.9 Å². The van der Waals surface area contributed by atoms with Crippen LogP contribution in [-0.2, 0) is 13.5 Å². The van der Waals surface area contributed by atoms with Crippen LogP contribution in [0.4, 0.5) is 0 Å². The van der Waals surface area contributed by atoms with Crippen molar-refractivity contribution in [3.63, 3.8) is 0 Å². The average molecular weight is 378 g/mol. The van der Waals surface area contributed by atoms with Crippen LogP contribution in [0, 0.1) is 0 Å². The van der Waals surface area contributed by atoms with E-state index < -0.39 is 0 Å². The number of carbonyl (C=O) groups is 2. The van der Waals surface area contributed by atoms with Crippen molar-refractivity contribution in [2.45, 2.75) is 6.42 Å². The van der Waals surface area contributed by atoms with Crippen LogP contribution in [0.5, 0.6) is 11.5 Å². The number of nitrogens with zero attached hydrogens (tertiary/aromatic N) is 2. The van der Waals surface area contributed by atoms with Crippen molar-refractivity contribution < 1.29 is 14.3 Å². The van der Waals surface area contributed by atoms with Crippen molar-refractivity contribution in [1.82, 2.24) is 20.2 Å². The maximum absolute atomic E-state index is 12.1. The molecule has 2 N–H and O–H groups in total. The highest BCUT2D eigenvalue weighted by atomic mass is 16.5. The molecule has 0 fully saturated rings. The summed E-state index contributed by atoms with van der Waals surface area (Å²) in [5, 5.41) is 5.45. The van der Waals surface area contributed by atoms with Crippen LogP contribution in [0.3, 0.4) is 0 Å². The summed E-state index contributed by atoms with van der Waals surface area (Å²) < 4.78 is 7.63. The summed E-state index contributed by atoms with van der Waals surface area (Å²) in [7, 11) is 3.39. The predicted octanol–water partition coefficient (Wildman–Crippen LogP) is 2.54. The molecule has 2 heterocycles. The molecule has 7 nitrogen and oxygen atoms in total. The molecule has 0 radical (unpaired) electrons. The third-order valence-corrected chi connectivity index (χ3v) is 4.20. The van der Waals surface area contributed by atoms with Gasteiger partial charge in [-0.15, -0.1) is 0 Å². The first-order valence-electron chi connectivity index (χ1n) is 8.91. The first-order valence-corrected chi connectivity index (χ1v) is 8.91. The van der Waals surface area contributed by atoms with E-state index in [0.717, 1.165) is 5.56 Å². The molecule has 2 amide bonds. The Morgan fingerprint density at radius 3 is 2.64 bits per heavy atom. The number of aromatic nitrogens is 2. The Balaban J connectivity index is 1.59. The van der Waals surface area contributed by atoms with Crippen LogP contribution in [0.1, 0.15) is 26.5 Å². The van der Waals surface area contributed by atoms with Crippen LogP contribution >= 0.6 is 0 Å². The van der Waals surface area contributed by atoms with Crippen molar-refractivity contribution in [2.75, 3.05) is 13.6 Å². The van der Waals surface area contributed by atoms with E-state index in [2.05, 4.69) is 15.6 Å². The summed E-state index contributed by atoms with van der Waals surface area (Å²) in [5.74, 6) is 0.815. The molecule has 0 aliphatic heterocycles. The quantitative estimate of drug-likeness (QED) is 0.662. The number of pyridine rings is 1. The van der Waals surface area contributed by atoms with Gasteiger partial charge in [0, 0.05) is 39.1 Å². The van der Waals surface area contributed by atoms with E-state index in [-0.39, 0.29) is 11.8 Å². The molecule has 0 spiro atoms. The van der Waals surface area contributed by atoms with E-state index in [1.807, 2.05) is 43.6 Å². The maximum atomic E-state index is 12.1. The lowest BCUT2D eigenvalue weighted by Crippen LogP contribution is -2.27. The number of aryl methyl sites for hydroxylation is 1. The molecule has 0 saturated heterocycles. The summed E-state index contributed by atoms with van der Waals surface area (Å²) in [4.78, 5) is 27.8. The van der Waals surface area contributed by atoms with E-state index in [1.165, 1.54) is 6.20 Å². The first-order chi connectivity index (χ1) is 13.6. The number of carbonyl (C=O) groups excluding carboxylic acids is 2. The van der Waals surface area contributed by atoms with Gasteiger partial charge >= 0.3 is 0 Å². The molecular weight excluding hydrogens is 356 g/mol. The van der Waals surface area contributed by atoms with Gasteiger partial charge in [-0.3, -0.25) is 14.6 Å². The lowest BCUT2D eigenvalue weighted by atomic mass is 10.1. The highest BCUT2D eigenvalue weighted by Gasteiger charge is 2.09. The Kier molecular flexibility index (Phi) is 6.06. The number of benzene rings is 1. The number of ether oxygens (including phenoxy) is 1. The molecular formula is C21H22N4O3. The molecule has 3 rings (SSSR count). The Bertz CT molecular complexity index is 981. The zero-order valence-corrected chi connectivity index (χ0v) is 15.8. The van der Waals surface area contributed by atoms with Crippen molar-refractivity contribution >= 4 is 11.8 Å². The van der Waals surface area contributed by atoms with Crippen molar-refractivity contribution in [2.24, 2.45) is 7.05 Å². The molecule has 0 unspecified atom stereocenters. The van der Waals surface area contributed by atoms with Gasteiger partial charge in [-0.25, -0.2) is 0 Å². The molecule has 144 valence electrons. The summed E-state index contributed by atoms with van der Waals surface area (Å²) >= 11 is 0. The van der Waals surface area contributed by atoms with Crippen LogP contribution < -0.4 is 15.4 Å². The van der Waals surface area contributed by atoms with E-state index in [9.17, 15) is 9.59 Å². The average Bonchev–Trinajstić information content (AvgIpc) is 3.14. The Labute approximate surface area is 163 Å². The summed E-state index contributed by atoms with van der Waals surface area (Å²) in [5.41, 5.74) is 1.95. The van der Waals surface area contributed by atoms with Gasteiger partial charge in [0.1, 0.15) is 22.9 Å². The van der Waals surface area contributed by atoms with Crippen LogP contribution in [0.25, 0.3) is 0 Å². The molecule has 0 aliphatic rings. The zero-order chi connectivity index (χ0) is 19.9. The molecule has 0 saturated carbocycles. The Hall–Kier alpha value is -3.61. The number of nitrogens with one attached hydrogen (secondary N) is 2. The fraction of sp³-hybridized carbons (Fsp3) is 0.190. The molecule has 3 aromatic rings. The van der Waals surface area contributed by atoms with E-state index in [0.29, 0.717) is 35.9 Å². The highest BCUT2D eigenvalue weighted by Crippen LogP contribution is 2.22. The van der Waals surface area contributed by atoms with Gasteiger partial charge in [-0.1, -0.05) is 12.1 Å². The molecule has 0 atom stereocenters. The van der Waals surface area contributed by atoms with E-state index in [4.69, 9.17) is 4.74 Å². The SMILES string of the molecule is CNC(=O)c1cc(Oc2cccc(CCNC(=O)c3cccn3C)c2)ccn1. The first kappa shape index (κ1) is 19.2. The highest BCUT2D eigenvalue weighted by molar-refractivity contribution is 5.93.